The van der Waals surface area contributed by atoms with E-state index in [9.17, 15) is 4.79 Å². The van der Waals surface area contributed by atoms with E-state index in [0.717, 1.165) is 12.3 Å². The van der Waals surface area contributed by atoms with Gasteiger partial charge in [0.2, 0.25) is 0 Å². The fourth-order valence-electron chi connectivity index (χ4n) is 5.52. The van der Waals surface area contributed by atoms with E-state index in [1.54, 1.807) is 0 Å². The van der Waals surface area contributed by atoms with Gasteiger partial charge in [-0.25, -0.2) is 0 Å². The second kappa shape index (κ2) is 2.91. The van der Waals surface area contributed by atoms with E-state index in [0.29, 0.717) is 34.4 Å². The summed E-state index contributed by atoms with van der Waals surface area (Å²) < 4.78 is 0. The third-order valence-corrected chi connectivity index (χ3v) is 6.34. The van der Waals surface area contributed by atoms with Crippen LogP contribution in [0.5, 0.6) is 0 Å². The minimum Gasteiger partial charge on any atom is -0.299 e. The van der Waals surface area contributed by atoms with Gasteiger partial charge in [-0.15, -0.1) is 0 Å². The lowest BCUT2D eigenvalue weighted by Crippen LogP contribution is -2.65. The Kier molecular flexibility index (Phi) is 1.97. The second-order valence-electron chi connectivity index (χ2n) is 7.47. The summed E-state index contributed by atoms with van der Waals surface area (Å²) in [6, 6.07) is 0. The lowest BCUT2D eigenvalue weighted by atomic mass is 9.36. The highest BCUT2D eigenvalue weighted by atomic mass is 16.1. The van der Waals surface area contributed by atoms with E-state index in [-0.39, 0.29) is 0 Å². The molecule has 0 radical (unpaired) electrons. The molecule has 16 heavy (non-hydrogen) atoms. The van der Waals surface area contributed by atoms with Crippen molar-refractivity contribution in [2.45, 2.75) is 53.4 Å². The van der Waals surface area contributed by atoms with Gasteiger partial charge in [0.1, 0.15) is 5.78 Å². The summed E-state index contributed by atoms with van der Waals surface area (Å²) in [5.74, 6) is 3.10. The van der Waals surface area contributed by atoms with Crippen molar-refractivity contribution >= 4 is 5.78 Å². The van der Waals surface area contributed by atoms with Gasteiger partial charge in [0, 0.05) is 12.3 Å². The fourth-order valence-corrected chi connectivity index (χ4v) is 5.52. The van der Waals surface area contributed by atoms with Gasteiger partial charge in [-0.3, -0.25) is 4.79 Å². The van der Waals surface area contributed by atoms with Gasteiger partial charge in [-0.05, 0) is 41.4 Å². The number of hydrogen-bond acceptors (Lipinski definition) is 1. The van der Waals surface area contributed by atoms with Crippen LogP contribution in [0.3, 0.4) is 0 Å². The molecule has 5 atom stereocenters. The molecule has 4 bridgehead atoms. The summed E-state index contributed by atoms with van der Waals surface area (Å²) >= 11 is 0. The average Bonchev–Trinajstić information content (AvgIpc) is 2.34. The van der Waals surface area contributed by atoms with Gasteiger partial charge in [0.25, 0.3) is 0 Å². The van der Waals surface area contributed by atoms with Gasteiger partial charge < -0.3 is 0 Å². The zero-order chi connectivity index (χ0) is 11.7. The van der Waals surface area contributed by atoms with Crippen LogP contribution in [0.25, 0.3) is 0 Å². The van der Waals surface area contributed by atoms with Gasteiger partial charge in [-0.1, -0.05) is 34.1 Å². The van der Waals surface area contributed by atoms with Crippen LogP contribution in [-0.2, 0) is 4.79 Å². The Bertz CT molecular complexity index is 343. The minimum absolute atomic E-state index is 0.331. The maximum Gasteiger partial charge on any atom is 0.136 e. The molecule has 90 valence electrons. The molecule has 4 aliphatic carbocycles. The highest BCUT2D eigenvalue weighted by Crippen LogP contribution is 2.72. The first-order chi connectivity index (χ1) is 7.38. The van der Waals surface area contributed by atoms with E-state index in [2.05, 4.69) is 27.7 Å². The van der Waals surface area contributed by atoms with Crippen molar-refractivity contribution in [3.05, 3.63) is 0 Å². The number of Topliss-reactive ketones (excluding diaryl/α,β-unsaturated/α-hetero) is 1. The van der Waals surface area contributed by atoms with E-state index in [1.807, 2.05) is 0 Å². The quantitative estimate of drug-likeness (QED) is 0.608. The molecule has 0 N–H and O–H groups in total. The molecule has 4 fully saturated rings. The number of carbonyl (C=O) groups is 1. The molecule has 0 saturated heterocycles. The monoisotopic (exact) mass is 220 g/mol. The maximum atomic E-state index is 11.9. The molecule has 4 rings (SSSR count). The Labute approximate surface area is 99.0 Å². The molecule has 0 amide bonds. The van der Waals surface area contributed by atoms with Gasteiger partial charge >= 0.3 is 0 Å². The predicted octanol–water partition coefficient (Wildman–Crippen LogP) is 3.67. The Hall–Kier alpha value is -0.330. The number of ketones is 1. The second-order valence-corrected chi connectivity index (χ2v) is 7.47. The number of rotatable bonds is 0. The topological polar surface area (TPSA) is 17.1 Å². The Morgan fingerprint density at radius 3 is 2.44 bits per heavy atom. The van der Waals surface area contributed by atoms with Crippen LogP contribution in [0.2, 0.25) is 0 Å². The van der Waals surface area contributed by atoms with Crippen LogP contribution in [-0.4, -0.2) is 5.78 Å². The SMILES string of the molecule is C[C@H]1C(=O)C[C@@H]2[C@@H]3C1C2(C)CCCC3(C)C. The fraction of sp³-hybridized carbons (Fsp3) is 0.933. The summed E-state index contributed by atoms with van der Waals surface area (Å²) in [5.41, 5.74) is 0.978. The summed E-state index contributed by atoms with van der Waals surface area (Å²) in [5, 5.41) is 0. The van der Waals surface area contributed by atoms with Crippen LogP contribution in [0.1, 0.15) is 53.4 Å². The molecular weight excluding hydrogens is 196 g/mol. The molecule has 0 spiro atoms. The summed E-state index contributed by atoms with van der Waals surface area (Å²) in [4.78, 5) is 11.9. The zero-order valence-electron chi connectivity index (χ0n) is 11.0. The smallest absolute Gasteiger partial charge is 0.136 e. The summed E-state index contributed by atoms with van der Waals surface area (Å²) in [7, 11) is 0. The van der Waals surface area contributed by atoms with Crippen LogP contribution >= 0.6 is 0 Å². The van der Waals surface area contributed by atoms with Crippen LogP contribution < -0.4 is 0 Å². The van der Waals surface area contributed by atoms with Crippen LogP contribution in [0, 0.1) is 34.5 Å². The maximum absolute atomic E-state index is 11.9. The normalized spacial score (nSPS) is 54.1. The van der Waals surface area contributed by atoms with Crippen LogP contribution in [0.15, 0.2) is 0 Å². The van der Waals surface area contributed by atoms with E-state index >= 15 is 0 Å². The highest BCUT2D eigenvalue weighted by molar-refractivity contribution is 5.83. The number of fused-ring (bicyclic) bond motifs is 2. The van der Waals surface area contributed by atoms with Gasteiger partial charge in [0.15, 0.2) is 0 Å². The van der Waals surface area contributed by atoms with E-state index in [1.165, 1.54) is 19.3 Å². The summed E-state index contributed by atoms with van der Waals surface area (Å²) in [6.07, 6.45) is 4.97. The van der Waals surface area contributed by atoms with Crippen molar-refractivity contribution in [3.8, 4) is 0 Å². The molecule has 2 unspecified atom stereocenters. The van der Waals surface area contributed by atoms with Crippen molar-refractivity contribution in [1.29, 1.82) is 0 Å². The standard InChI is InChI=1S/C15H24O/c1-9-11(16)8-10-13-12(9)15(10,4)7-5-6-14(13,2)3/h9-10,12-13H,5-8H2,1-4H3/t9-,10+,12?,13+,15?/m0/s1. The van der Waals surface area contributed by atoms with Crippen molar-refractivity contribution in [3.63, 3.8) is 0 Å². The summed E-state index contributed by atoms with van der Waals surface area (Å²) in [6.45, 7) is 9.52. The highest BCUT2D eigenvalue weighted by Gasteiger charge is 2.68. The van der Waals surface area contributed by atoms with E-state index < -0.39 is 0 Å². The van der Waals surface area contributed by atoms with Crippen molar-refractivity contribution in [1.82, 2.24) is 0 Å². The molecule has 0 aliphatic heterocycles. The first-order valence-electron chi connectivity index (χ1n) is 6.91. The van der Waals surface area contributed by atoms with Gasteiger partial charge in [-0.2, -0.15) is 0 Å². The zero-order valence-corrected chi connectivity index (χ0v) is 11.0. The molecular formula is C15H24O. The Morgan fingerprint density at radius 2 is 1.81 bits per heavy atom. The number of hydrogen-bond donors (Lipinski definition) is 0. The molecule has 0 heterocycles. The molecule has 1 nitrogen and oxygen atoms in total. The lowest BCUT2D eigenvalue weighted by molar-refractivity contribution is -0.204. The lowest BCUT2D eigenvalue weighted by Gasteiger charge is -2.68. The van der Waals surface area contributed by atoms with Crippen molar-refractivity contribution < 1.29 is 4.79 Å². The third-order valence-electron chi connectivity index (χ3n) is 6.34. The Morgan fingerprint density at radius 1 is 1.12 bits per heavy atom. The van der Waals surface area contributed by atoms with Crippen LogP contribution in [0.4, 0.5) is 0 Å². The first-order valence-corrected chi connectivity index (χ1v) is 6.91. The van der Waals surface area contributed by atoms with Gasteiger partial charge in [0.05, 0.1) is 0 Å². The molecule has 0 aromatic heterocycles. The Balaban J connectivity index is 2.03. The third kappa shape index (κ3) is 1.05. The molecule has 4 aliphatic rings. The van der Waals surface area contributed by atoms with E-state index in [4.69, 9.17) is 0 Å². The molecule has 0 aromatic rings. The molecule has 1 heteroatoms. The largest absolute Gasteiger partial charge is 0.299 e. The van der Waals surface area contributed by atoms with Crippen molar-refractivity contribution in [2.75, 3.05) is 0 Å². The van der Waals surface area contributed by atoms with Crippen molar-refractivity contribution in [2.24, 2.45) is 34.5 Å². The molecule has 4 saturated carbocycles. The molecule has 0 aromatic carbocycles. The number of carbonyl (C=O) groups excluding carboxylic acids is 1. The predicted molar refractivity (Wildman–Crippen MR) is 65.0 cm³/mol. The first kappa shape index (κ1) is 10.8. The minimum atomic E-state index is 0.331. The average molecular weight is 220 g/mol.